The van der Waals surface area contributed by atoms with Crippen molar-refractivity contribution in [1.29, 1.82) is 5.26 Å². The molecule has 1 N–H and O–H groups in total. The van der Waals surface area contributed by atoms with Crippen molar-refractivity contribution in [1.82, 2.24) is 25.5 Å². The summed E-state index contributed by atoms with van der Waals surface area (Å²) >= 11 is 1.35. The van der Waals surface area contributed by atoms with Crippen molar-refractivity contribution in [3.8, 4) is 6.07 Å². The van der Waals surface area contributed by atoms with Crippen LogP contribution in [0.5, 0.6) is 0 Å². The molecular weight excluding hydrogens is 300 g/mol. The Bertz CT molecular complexity index is 568. The Hall–Kier alpha value is -1.62. The van der Waals surface area contributed by atoms with Gasteiger partial charge in [-0.3, -0.25) is 4.79 Å². The zero-order valence-corrected chi connectivity index (χ0v) is 13.3. The highest BCUT2D eigenvalue weighted by Crippen LogP contribution is 2.32. The maximum absolute atomic E-state index is 12.1. The van der Waals surface area contributed by atoms with Crippen LogP contribution in [0.1, 0.15) is 57.4 Å². The number of carbonyl (C=O) groups is 1. The van der Waals surface area contributed by atoms with Crippen LogP contribution in [-0.2, 0) is 4.79 Å². The molecule has 0 aromatic carbocycles. The normalized spacial score (nSPS) is 20.9. The van der Waals surface area contributed by atoms with Gasteiger partial charge in [0.1, 0.15) is 5.54 Å². The standard InChI is InChI=1S/C14H20N6OS/c15-10-14(7-3-4-8-14)16-12(21)9-22-13-17-18-19-20(13)11-5-1-2-6-11/h11H,1-9H2,(H,16,21). The van der Waals surface area contributed by atoms with E-state index >= 15 is 0 Å². The molecule has 2 saturated carbocycles. The van der Waals surface area contributed by atoms with Crippen LogP contribution < -0.4 is 5.32 Å². The fourth-order valence-corrected chi connectivity index (χ4v) is 4.08. The molecule has 118 valence electrons. The van der Waals surface area contributed by atoms with Crippen molar-refractivity contribution in [3.05, 3.63) is 0 Å². The third-order valence-corrected chi connectivity index (χ3v) is 5.45. The van der Waals surface area contributed by atoms with E-state index in [9.17, 15) is 10.1 Å². The second kappa shape index (κ2) is 6.65. The summed E-state index contributed by atoms with van der Waals surface area (Å²) in [5, 5.41) is 24.7. The lowest BCUT2D eigenvalue weighted by Crippen LogP contribution is -2.45. The SMILES string of the molecule is N#CC1(NC(=O)CSc2nnnn2C2CCCC2)CCCC1. The molecule has 1 aromatic heterocycles. The number of nitrogens with one attached hydrogen (secondary N) is 1. The van der Waals surface area contributed by atoms with Crippen LogP contribution in [0.3, 0.4) is 0 Å². The maximum Gasteiger partial charge on any atom is 0.231 e. The predicted octanol–water partition coefficient (Wildman–Crippen LogP) is 1.83. The quantitative estimate of drug-likeness (QED) is 0.831. The Balaban J connectivity index is 1.55. The lowest BCUT2D eigenvalue weighted by Gasteiger charge is -2.21. The fourth-order valence-electron chi connectivity index (χ4n) is 3.33. The third kappa shape index (κ3) is 3.24. The Morgan fingerprint density at radius 3 is 2.77 bits per heavy atom. The molecule has 0 spiro atoms. The Labute approximate surface area is 133 Å². The van der Waals surface area contributed by atoms with Gasteiger partial charge in [0.25, 0.3) is 0 Å². The van der Waals surface area contributed by atoms with Gasteiger partial charge < -0.3 is 5.32 Å². The molecule has 22 heavy (non-hydrogen) atoms. The van der Waals surface area contributed by atoms with Crippen molar-refractivity contribution in [3.63, 3.8) is 0 Å². The first-order valence-corrected chi connectivity index (χ1v) is 8.84. The molecule has 7 nitrogen and oxygen atoms in total. The van der Waals surface area contributed by atoms with Crippen molar-refractivity contribution >= 4 is 17.7 Å². The minimum Gasteiger partial charge on any atom is -0.337 e. The van der Waals surface area contributed by atoms with Gasteiger partial charge in [-0.2, -0.15) is 5.26 Å². The highest BCUT2D eigenvalue weighted by molar-refractivity contribution is 7.99. The van der Waals surface area contributed by atoms with E-state index in [2.05, 4.69) is 26.9 Å². The molecule has 1 heterocycles. The Morgan fingerprint density at radius 2 is 2.09 bits per heavy atom. The van der Waals surface area contributed by atoms with Crippen LogP contribution in [0.25, 0.3) is 0 Å². The minimum atomic E-state index is -0.658. The summed E-state index contributed by atoms with van der Waals surface area (Å²) in [4.78, 5) is 12.1. The van der Waals surface area contributed by atoms with Crippen molar-refractivity contribution in [2.24, 2.45) is 0 Å². The number of nitriles is 1. The van der Waals surface area contributed by atoms with E-state index in [0.29, 0.717) is 11.2 Å². The lowest BCUT2D eigenvalue weighted by atomic mass is 10.0. The minimum absolute atomic E-state index is 0.116. The van der Waals surface area contributed by atoms with E-state index < -0.39 is 5.54 Å². The number of aromatic nitrogens is 4. The second-order valence-corrected chi connectivity index (χ2v) is 7.02. The second-order valence-electron chi connectivity index (χ2n) is 6.08. The molecular formula is C14H20N6OS. The Morgan fingerprint density at radius 1 is 1.36 bits per heavy atom. The summed E-state index contributed by atoms with van der Waals surface area (Å²) in [5.41, 5.74) is -0.658. The molecule has 2 aliphatic rings. The molecule has 3 rings (SSSR count). The zero-order chi connectivity index (χ0) is 15.4. The average Bonchev–Trinajstić information content (AvgIpc) is 3.26. The van der Waals surface area contributed by atoms with Gasteiger partial charge in [0.2, 0.25) is 11.1 Å². The number of nitrogens with zero attached hydrogens (tertiary/aromatic N) is 5. The van der Waals surface area contributed by atoms with Gasteiger partial charge >= 0.3 is 0 Å². The highest BCUT2D eigenvalue weighted by atomic mass is 32.2. The van der Waals surface area contributed by atoms with Crippen LogP contribution in [0.15, 0.2) is 5.16 Å². The van der Waals surface area contributed by atoms with Gasteiger partial charge in [-0.25, -0.2) is 4.68 Å². The molecule has 1 aromatic rings. The number of hydrogen-bond acceptors (Lipinski definition) is 6. The van der Waals surface area contributed by atoms with Crippen molar-refractivity contribution in [2.45, 2.75) is 68.1 Å². The molecule has 2 fully saturated rings. The van der Waals surface area contributed by atoms with E-state index in [1.165, 1.54) is 24.6 Å². The fraction of sp³-hybridized carbons (Fsp3) is 0.786. The largest absolute Gasteiger partial charge is 0.337 e. The molecule has 0 radical (unpaired) electrons. The smallest absolute Gasteiger partial charge is 0.231 e. The van der Waals surface area contributed by atoms with E-state index in [1.807, 2.05) is 4.68 Å². The number of tetrazole rings is 1. The number of carbonyl (C=O) groups excluding carboxylic acids is 1. The summed E-state index contributed by atoms with van der Waals surface area (Å²) in [7, 11) is 0. The first-order valence-electron chi connectivity index (χ1n) is 7.85. The molecule has 0 saturated heterocycles. The molecule has 8 heteroatoms. The molecule has 1 amide bonds. The molecule has 2 aliphatic carbocycles. The first-order chi connectivity index (χ1) is 10.7. The lowest BCUT2D eigenvalue weighted by molar-refractivity contribution is -0.119. The molecule has 0 unspecified atom stereocenters. The topological polar surface area (TPSA) is 96.5 Å². The zero-order valence-electron chi connectivity index (χ0n) is 12.5. The van der Waals surface area contributed by atoms with Gasteiger partial charge in [-0.1, -0.05) is 24.6 Å². The summed E-state index contributed by atoms with van der Waals surface area (Å²) in [6.07, 6.45) is 8.12. The number of rotatable bonds is 5. The molecule has 0 aliphatic heterocycles. The van der Waals surface area contributed by atoms with Crippen LogP contribution in [-0.4, -0.2) is 37.4 Å². The van der Waals surface area contributed by atoms with Crippen LogP contribution >= 0.6 is 11.8 Å². The highest BCUT2D eigenvalue weighted by Gasteiger charge is 2.35. The predicted molar refractivity (Wildman–Crippen MR) is 81.0 cm³/mol. The van der Waals surface area contributed by atoms with Crippen LogP contribution in [0.4, 0.5) is 0 Å². The van der Waals surface area contributed by atoms with Gasteiger partial charge in [0.05, 0.1) is 17.9 Å². The Kier molecular flexibility index (Phi) is 4.62. The summed E-state index contributed by atoms with van der Waals surface area (Å²) in [5.74, 6) is 0.130. The van der Waals surface area contributed by atoms with Gasteiger partial charge in [0, 0.05) is 0 Å². The summed E-state index contributed by atoms with van der Waals surface area (Å²) in [6, 6.07) is 2.63. The summed E-state index contributed by atoms with van der Waals surface area (Å²) < 4.78 is 1.85. The van der Waals surface area contributed by atoms with Gasteiger partial charge in [-0.15, -0.1) is 5.10 Å². The van der Waals surface area contributed by atoms with Gasteiger partial charge in [-0.05, 0) is 49.0 Å². The van der Waals surface area contributed by atoms with E-state index in [-0.39, 0.29) is 11.7 Å². The van der Waals surface area contributed by atoms with E-state index in [4.69, 9.17) is 0 Å². The van der Waals surface area contributed by atoms with E-state index in [1.54, 1.807) is 0 Å². The average molecular weight is 320 g/mol. The van der Waals surface area contributed by atoms with Crippen molar-refractivity contribution < 1.29 is 4.79 Å². The monoisotopic (exact) mass is 320 g/mol. The molecule has 0 bridgehead atoms. The van der Waals surface area contributed by atoms with Crippen LogP contribution in [0.2, 0.25) is 0 Å². The van der Waals surface area contributed by atoms with E-state index in [0.717, 1.165) is 38.5 Å². The van der Waals surface area contributed by atoms with Gasteiger partial charge in [0.15, 0.2) is 0 Å². The number of amides is 1. The number of thioether (sulfide) groups is 1. The maximum atomic E-state index is 12.1. The van der Waals surface area contributed by atoms with Crippen LogP contribution in [0, 0.1) is 11.3 Å². The summed E-state index contributed by atoms with van der Waals surface area (Å²) in [6.45, 7) is 0. The third-order valence-electron chi connectivity index (χ3n) is 4.52. The van der Waals surface area contributed by atoms with Crippen molar-refractivity contribution in [2.75, 3.05) is 5.75 Å². The first kappa shape index (κ1) is 15.3. The number of hydrogen-bond donors (Lipinski definition) is 1. The molecule has 0 atom stereocenters.